The van der Waals surface area contributed by atoms with Crippen molar-refractivity contribution in [2.24, 2.45) is 11.7 Å². The van der Waals surface area contributed by atoms with E-state index in [4.69, 9.17) is 5.73 Å². The third-order valence-electron chi connectivity index (χ3n) is 5.09. The van der Waals surface area contributed by atoms with Crippen LogP contribution in [0.2, 0.25) is 0 Å². The summed E-state index contributed by atoms with van der Waals surface area (Å²) < 4.78 is 28.0. The quantitative estimate of drug-likeness (QED) is 0.739. The largest absolute Gasteiger partial charge is 0.342 e. The van der Waals surface area contributed by atoms with Gasteiger partial charge in [0.25, 0.3) is 5.91 Å². The van der Waals surface area contributed by atoms with Crippen molar-refractivity contribution in [1.29, 1.82) is 0 Å². The summed E-state index contributed by atoms with van der Waals surface area (Å²) in [6.45, 7) is 5.47. The number of piperidine rings is 1. The summed E-state index contributed by atoms with van der Waals surface area (Å²) in [5, 5.41) is 0. The van der Waals surface area contributed by atoms with Gasteiger partial charge in [-0.3, -0.25) is 4.79 Å². The van der Waals surface area contributed by atoms with E-state index < -0.39 is 10.0 Å². The molecule has 8 heteroatoms. The van der Waals surface area contributed by atoms with Crippen LogP contribution in [0.5, 0.6) is 0 Å². The smallest absolute Gasteiger partial charge is 0.254 e. The van der Waals surface area contributed by atoms with Crippen molar-refractivity contribution in [3.63, 3.8) is 0 Å². The Balaban J connectivity index is 0.00000364. The van der Waals surface area contributed by atoms with Crippen LogP contribution in [0, 0.1) is 5.92 Å². The number of carbonyl (C=O) groups excluding carboxylic acids is 1. The van der Waals surface area contributed by atoms with Gasteiger partial charge in [0.15, 0.2) is 0 Å². The molecule has 1 heterocycles. The fourth-order valence-electron chi connectivity index (χ4n) is 3.33. The van der Waals surface area contributed by atoms with Crippen molar-refractivity contribution in [3.8, 4) is 0 Å². The van der Waals surface area contributed by atoms with E-state index in [2.05, 4.69) is 6.92 Å². The molecule has 0 spiro atoms. The number of carbonyl (C=O) groups is 1. The highest BCUT2D eigenvalue weighted by Crippen LogP contribution is 2.27. The maximum absolute atomic E-state index is 13.2. The second-order valence-electron chi connectivity index (χ2n) is 7.20. The summed E-state index contributed by atoms with van der Waals surface area (Å²) in [4.78, 5) is 14.5. The number of sulfonamides is 1. The molecule has 27 heavy (non-hydrogen) atoms. The fourth-order valence-corrected chi connectivity index (χ4v) is 5.05. The third-order valence-corrected chi connectivity index (χ3v) is 7.02. The first-order chi connectivity index (χ1) is 12.3. The lowest BCUT2D eigenvalue weighted by Gasteiger charge is -2.34. The summed E-state index contributed by atoms with van der Waals surface area (Å²) in [6.07, 6.45) is 3.59. The van der Waals surface area contributed by atoms with Crippen LogP contribution in [0.1, 0.15) is 49.9 Å². The van der Waals surface area contributed by atoms with Crippen molar-refractivity contribution in [2.75, 3.05) is 26.7 Å². The van der Waals surface area contributed by atoms with Gasteiger partial charge in [-0.05, 0) is 44.2 Å². The molecule has 0 saturated carbocycles. The van der Waals surface area contributed by atoms with Gasteiger partial charge in [0.1, 0.15) is 0 Å². The molecule has 0 aromatic heterocycles. The van der Waals surface area contributed by atoms with E-state index in [0.717, 1.165) is 25.7 Å². The molecular weight excluding hydrogens is 386 g/mol. The van der Waals surface area contributed by atoms with Crippen molar-refractivity contribution in [3.05, 3.63) is 29.8 Å². The number of hydrogen-bond donors (Lipinski definition) is 1. The van der Waals surface area contributed by atoms with Gasteiger partial charge in [0.2, 0.25) is 10.0 Å². The van der Waals surface area contributed by atoms with Gasteiger partial charge in [-0.25, -0.2) is 8.42 Å². The van der Waals surface area contributed by atoms with Crippen LogP contribution < -0.4 is 5.73 Å². The minimum absolute atomic E-state index is 0. The van der Waals surface area contributed by atoms with E-state index in [1.54, 1.807) is 30.1 Å². The number of halogens is 1. The Morgan fingerprint density at radius 3 is 2.67 bits per heavy atom. The average molecular weight is 418 g/mol. The van der Waals surface area contributed by atoms with Crippen molar-refractivity contribution in [1.82, 2.24) is 9.21 Å². The normalized spacial score (nSPS) is 19.2. The van der Waals surface area contributed by atoms with Crippen LogP contribution in [-0.4, -0.2) is 56.3 Å². The Hall–Kier alpha value is -1.15. The van der Waals surface area contributed by atoms with Crippen LogP contribution in [0.15, 0.2) is 29.2 Å². The van der Waals surface area contributed by atoms with Gasteiger partial charge in [0.05, 0.1) is 10.5 Å². The van der Waals surface area contributed by atoms with Gasteiger partial charge in [-0.1, -0.05) is 25.5 Å². The molecule has 1 amide bonds. The highest BCUT2D eigenvalue weighted by molar-refractivity contribution is 7.89. The molecular formula is C19H32ClN3O3S. The number of hydrogen-bond acceptors (Lipinski definition) is 4. The van der Waals surface area contributed by atoms with Gasteiger partial charge >= 0.3 is 0 Å². The van der Waals surface area contributed by atoms with Crippen molar-refractivity contribution < 1.29 is 13.2 Å². The molecule has 2 unspecified atom stereocenters. The molecule has 1 aromatic rings. The summed E-state index contributed by atoms with van der Waals surface area (Å²) >= 11 is 0. The summed E-state index contributed by atoms with van der Waals surface area (Å²) in [7, 11) is -2.01. The molecule has 1 fully saturated rings. The molecule has 0 aliphatic carbocycles. The molecule has 1 aliphatic rings. The Morgan fingerprint density at radius 2 is 2.04 bits per heavy atom. The average Bonchev–Trinajstić information content (AvgIpc) is 2.65. The molecule has 154 valence electrons. The highest BCUT2D eigenvalue weighted by atomic mass is 35.5. The second-order valence-corrected chi connectivity index (χ2v) is 9.11. The zero-order valence-electron chi connectivity index (χ0n) is 16.4. The lowest BCUT2D eigenvalue weighted by atomic mass is 9.93. The number of nitrogens with zero attached hydrogens (tertiary/aromatic N) is 2. The second kappa shape index (κ2) is 10.4. The van der Waals surface area contributed by atoms with E-state index in [0.29, 0.717) is 19.6 Å². The van der Waals surface area contributed by atoms with Gasteiger partial charge in [0, 0.05) is 32.7 Å². The predicted octanol–water partition coefficient (Wildman–Crippen LogP) is 2.73. The standard InChI is InChI=1S/C19H31N3O3S.ClH/c1-4-5-12-21(3)19(23)17-10-6-7-11-18(17)26(24,25)22-13-8-9-16(14-22)15(2)20;/h6-7,10-11,15-16H,4-5,8-9,12-14,20H2,1-3H3;1H. The lowest BCUT2D eigenvalue weighted by Crippen LogP contribution is -2.45. The van der Waals surface area contributed by atoms with Gasteiger partial charge in [-0.2, -0.15) is 4.31 Å². The zero-order valence-corrected chi connectivity index (χ0v) is 18.1. The highest BCUT2D eigenvalue weighted by Gasteiger charge is 2.34. The number of amides is 1. The molecule has 2 rings (SSSR count). The molecule has 6 nitrogen and oxygen atoms in total. The van der Waals surface area contributed by atoms with Crippen molar-refractivity contribution >= 4 is 28.3 Å². The third kappa shape index (κ3) is 5.67. The summed E-state index contributed by atoms with van der Waals surface area (Å²) in [5.41, 5.74) is 6.24. The summed E-state index contributed by atoms with van der Waals surface area (Å²) in [6, 6.07) is 6.46. The monoisotopic (exact) mass is 417 g/mol. The molecule has 0 radical (unpaired) electrons. The minimum atomic E-state index is -3.73. The first-order valence-corrected chi connectivity index (χ1v) is 10.8. The Kier molecular flexibility index (Phi) is 9.21. The SMILES string of the molecule is CCCCN(C)C(=O)c1ccccc1S(=O)(=O)N1CCCC(C(C)N)C1.Cl. The zero-order chi connectivity index (χ0) is 19.3. The predicted molar refractivity (Wildman–Crippen MR) is 111 cm³/mol. The Morgan fingerprint density at radius 1 is 1.37 bits per heavy atom. The van der Waals surface area contributed by atoms with Crippen LogP contribution in [0.25, 0.3) is 0 Å². The minimum Gasteiger partial charge on any atom is -0.342 e. The van der Waals surface area contributed by atoms with Gasteiger partial charge in [-0.15, -0.1) is 12.4 Å². The Bertz CT molecular complexity index is 725. The number of benzene rings is 1. The number of nitrogens with two attached hydrogens (primary N) is 1. The lowest BCUT2D eigenvalue weighted by molar-refractivity contribution is 0.0789. The Labute approximate surface area is 169 Å². The van der Waals surface area contributed by atoms with E-state index in [1.165, 1.54) is 10.4 Å². The van der Waals surface area contributed by atoms with E-state index in [-0.39, 0.29) is 40.7 Å². The molecule has 1 aliphatic heterocycles. The van der Waals surface area contributed by atoms with Crippen LogP contribution in [0.4, 0.5) is 0 Å². The van der Waals surface area contributed by atoms with E-state index in [9.17, 15) is 13.2 Å². The van der Waals surface area contributed by atoms with Crippen LogP contribution in [-0.2, 0) is 10.0 Å². The first-order valence-electron chi connectivity index (χ1n) is 9.39. The molecule has 0 bridgehead atoms. The van der Waals surface area contributed by atoms with Gasteiger partial charge < -0.3 is 10.6 Å². The number of rotatable bonds is 7. The maximum atomic E-state index is 13.2. The van der Waals surface area contributed by atoms with Crippen LogP contribution >= 0.6 is 12.4 Å². The van der Waals surface area contributed by atoms with E-state index in [1.807, 2.05) is 6.92 Å². The molecule has 2 N–H and O–H groups in total. The molecule has 1 aromatic carbocycles. The van der Waals surface area contributed by atoms with Crippen molar-refractivity contribution in [2.45, 2.75) is 50.5 Å². The fraction of sp³-hybridized carbons (Fsp3) is 0.632. The topological polar surface area (TPSA) is 83.7 Å². The van der Waals surface area contributed by atoms with Crippen LogP contribution in [0.3, 0.4) is 0 Å². The molecule has 1 saturated heterocycles. The number of unbranched alkanes of at least 4 members (excludes halogenated alkanes) is 1. The summed E-state index contributed by atoms with van der Waals surface area (Å²) in [5.74, 6) is -0.105. The molecule has 2 atom stereocenters. The van der Waals surface area contributed by atoms with E-state index >= 15 is 0 Å². The maximum Gasteiger partial charge on any atom is 0.254 e. The first kappa shape index (κ1) is 23.9.